The van der Waals surface area contributed by atoms with Crippen LogP contribution in [0.15, 0.2) is 18.2 Å². The van der Waals surface area contributed by atoms with E-state index in [9.17, 15) is 9.18 Å². The van der Waals surface area contributed by atoms with E-state index in [-0.39, 0.29) is 17.7 Å². The summed E-state index contributed by atoms with van der Waals surface area (Å²) in [5, 5.41) is 0. The van der Waals surface area contributed by atoms with Crippen molar-refractivity contribution in [1.29, 1.82) is 0 Å². The standard InChI is InChI=1S/C11H11FO2/c1-7-4-9(2-3-11(7)12)14-10-5-8(13)6-10/h2-4,10H,5-6H2,1H3. The number of ketones is 1. The number of benzene rings is 1. The van der Waals surface area contributed by atoms with E-state index in [1.807, 2.05) is 0 Å². The smallest absolute Gasteiger partial charge is 0.140 e. The van der Waals surface area contributed by atoms with Gasteiger partial charge in [0.2, 0.25) is 0 Å². The van der Waals surface area contributed by atoms with Gasteiger partial charge in [0.05, 0.1) is 0 Å². The van der Waals surface area contributed by atoms with Crippen LogP contribution < -0.4 is 4.74 Å². The Bertz CT molecular complexity index is 366. The second-order valence-electron chi connectivity index (χ2n) is 3.60. The van der Waals surface area contributed by atoms with Crippen molar-refractivity contribution < 1.29 is 13.9 Å². The van der Waals surface area contributed by atoms with Crippen LogP contribution in [0.25, 0.3) is 0 Å². The number of halogens is 1. The second kappa shape index (κ2) is 3.40. The van der Waals surface area contributed by atoms with E-state index in [0.717, 1.165) is 0 Å². The molecule has 0 heterocycles. The number of ether oxygens (including phenoxy) is 1. The average Bonchev–Trinajstić information content (AvgIpc) is 2.09. The second-order valence-corrected chi connectivity index (χ2v) is 3.60. The zero-order chi connectivity index (χ0) is 10.1. The third-order valence-electron chi connectivity index (χ3n) is 2.34. The number of carbonyl (C=O) groups is 1. The van der Waals surface area contributed by atoms with Gasteiger partial charge in [-0.3, -0.25) is 4.79 Å². The van der Waals surface area contributed by atoms with Crippen molar-refractivity contribution in [1.82, 2.24) is 0 Å². The Morgan fingerprint density at radius 3 is 2.71 bits per heavy atom. The lowest BCUT2D eigenvalue weighted by Crippen LogP contribution is -2.33. The van der Waals surface area contributed by atoms with Crippen molar-refractivity contribution in [2.75, 3.05) is 0 Å². The normalized spacial score (nSPS) is 16.6. The Kier molecular flexibility index (Phi) is 2.23. The van der Waals surface area contributed by atoms with Gasteiger partial charge in [0, 0.05) is 12.8 Å². The average molecular weight is 194 g/mol. The molecule has 0 bridgehead atoms. The molecule has 0 atom stereocenters. The highest BCUT2D eigenvalue weighted by Crippen LogP contribution is 2.23. The van der Waals surface area contributed by atoms with Crippen LogP contribution in [-0.4, -0.2) is 11.9 Å². The van der Waals surface area contributed by atoms with Crippen LogP contribution in [0.1, 0.15) is 18.4 Å². The molecular formula is C11H11FO2. The van der Waals surface area contributed by atoms with Crippen LogP contribution in [0, 0.1) is 12.7 Å². The molecule has 1 aromatic carbocycles. The van der Waals surface area contributed by atoms with Crippen LogP contribution in [0.3, 0.4) is 0 Å². The Hall–Kier alpha value is -1.38. The van der Waals surface area contributed by atoms with E-state index in [0.29, 0.717) is 24.2 Å². The van der Waals surface area contributed by atoms with Gasteiger partial charge < -0.3 is 4.74 Å². The summed E-state index contributed by atoms with van der Waals surface area (Å²) in [7, 11) is 0. The molecule has 1 aromatic rings. The first-order chi connectivity index (χ1) is 6.65. The van der Waals surface area contributed by atoms with E-state index >= 15 is 0 Å². The van der Waals surface area contributed by atoms with Gasteiger partial charge in [-0.1, -0.05) is 0 Å². The van der Waals surface area contributed by atoms with Crippen LogP contribution >= 0.6 is 0 Å². The number of aryl methyl sites for hydroxylation is 1. The quantitative estimate of drug-likeness (QED) is 0.721. The van der Waals surface area contributed by atoms with Gasteiger partial charge in [0.25, 0.3) is 0 Å². The van der Waals surface area contributed by atoms with E-state index in [2.05, 4.69) is 0 Å². The maximum Gasteiger partial charge on any atom is 0.140 e. The monoisotopic (exact) mass is 194 g/mol. The number of carbonyl (C=O) groups excluding carboxylic acids is 1. The SMILES string of the molecule is Cc1cc(OC2CC(=O)C2)ccc1F. The first-order valence-corrected chi connectivity index (χ1v) is 4.59. The van der Waals surface area contributed by atoms with Gasteiger partial charge in [-0.2, -0.15) is 0 Å². The summed E-state index contributed by atoms with van der Waals surface area (Å²) in [4.78, 5) is 10.7. The predicted molar refractivity (Wildman–Crippen MR) is 49.8 cm³/mol. The number of rotatable bonds is 2. The highest BCUT2D eigenvalue weighted by molar-refractivity contribution is 5.85. The lowest BCUT2D eigenvalue weighted by molar-refractivity contribution is -0.129. The third kappa shape index (κ3) is 1.76. The number of hydrogen-bond acceptors (Lipinski definition) is 2. The molecule has 0 amide bonds. The van der Waals surface area contributed by atoms with E-state index < -0.39 is 0 Å². The third-order valence-corrected chi connectivity index (χ3v) is 2.34. The molecule has 0 spiro atoms. The first kappa shape index (κ1) is 9.19. The Balaban J connectivity index is 2.03. The molecule has 0 unspecified atom stereocenters. The van der Waals surface area contributed by atoms with Gasteiger partial charge in [0.15, 0.2) is 0 Å². The van der Waals surface area contributed by atoms with Crippen molar-refractivity contribution >= 4 is 5.78 Å². The van der Waals surface area contributed by atoms with E-state index in [4.69, 9.17) is 4.74 Å². The largest absolute Gasteiger partial charge is 0.490 e. The Morgan fingerprint density at radius 1 is 1.43 bits per heavy atom. The summed E-state index contributed by atoms with van der Waals surface area (Å²) in [6.45, 7) is 1.69. The summed E-state index contributed by atoms with van der Waals surface area (Å²) < 4.78 is 18.4. The minimum Gasteiger partial charge on any atom is -0.490 e. The fourth-order valence-electron chi connectivity index (χ4n) is 1.41. The first-order valence-electron chi connectivity index (χ1n) is 4.59. The number of hydrogen-bond donors (Lipinski definition) is 0. The lowest BCUT2D eigenvalue weighted by atomic mass is 9.94. The van der Waals surface area contributed by atoms with Gasteiger partial charge in [-0.15, -0.1) is 0 Å². The molecule has 1 aliphatic rings. The molecule has 0 aliphatic heterocycles. The van der Waals surface area contributed by atoms with Crippen LogP contribution in [-0.2, 0) is 4.79 Å². The summed E-state index contributed by atoms with van der Waals surface area (Å²) in [5.41, 5.74) is 0.563. The van der Waals surface area contributed by atoms with Gasteiger partial charge in [-0.05, 0) is 30.7 Å². The summed E-state index contributed by atoms with van der Waals surface area (Å²) >= 11 is 0. The van der Waals surface area contributed by atoms with Crippen molar-refractivity contribution in [3.8, 4) is 5.75 Å². The molecule has 1 aliphatic carbocycles. The van der Waals surface area contributed by atoms with Gasteiger partial charge in [-0.25, -0.2) is 4.39 Å². The zero-order valence-electron chi connectivity index (χ0n) is 7.92. The van der Waals surface area contributed by atoms with Crippen molar-refractivity contribution in [3.63, 3.8) is 0 Å². The van der Waals surface area contributed by atoms with E-state index in [1.54, 1.807) is 19.1 Å². The van der Waals surface area contributed by atoms with Crippen molar-refractivity contribution in [2.24, 2.45) is 0 Å². The topological polar surface area (TPSA) is 26.3 Å². The Labute approximate surface area is 81.7 Å². The maximum absolute atomic E-state index is 12.9. The molecule has 0 saturated heterocycles. The highest BCUT2D eigenvalue weighted by atomic mass is 19.1. The fourth-order valence-corrected chi connectivity index (χ4v) is 1.41. The minimum absolute atomic E-state index is 0.00707. The molecule has 2 rings (SSSR count). The van der Waals surface area contributed by atoms with Gasteiger partial charge in [0.1, 0.15) is 23.5 Å². The number of Topliss-reactive ketones (excluding diaryl/α,β-unsaturated/α-hetero) is 1. The summed E-state index contributed by atoms with van der Waals surface area (Å²) in [5.74, 6) is 0.636. The molecule has 3 heteroatoms. The lowest BCUT2D eigenvalue weighted by Gasteiger charge is -2.25. The summed E-state index contributed by atoms with van der Waals surface area (Å²) in [6.07, 6.45) is 0.958. The molecule has 0 N–H and O–H groups in total. The zero-order valence-corrected chi connectivity index (χ0v) is 7.92. The molecular weight excluding hydrogens is 183 g/mol. The molecule has 0 radical (unpaired) electrons. The maximum atomic E-state index is 12.9. The Morgan fingerprint density at radius 2 is 2.14 bits per heavy atom. The van der Waals surface area contributed by atoms with Crippen molar-refractivity contribution in [3.05, 3.63) is 29.6 Å². The molecule has 1 fully saturated rings. The predicted octanol–water partition coefficient (Wildman–Crippen LogP) is 2.24. The molecule has 0 aromatic heterocycles. The van der Waals surface area contributed by atoms with Crippen LogP contribution in [0.2, 0.25) is 0 Å². The molecule has 1 saturated carbocycles. The van der Waals surface area contributed by atoms with Crippen LogP contribution in [0.5, 0.6) is 5.75 Å². The molecule has 14 heavy (non-hydrogen) atoms. The van der Waals surface area contributed by atoms with Gasteiger partial charge >= 0.3 is 0 Å². The molecule has 2 nitrogen and oxygen atoms in total. The van der Waals surface area contributed by atoms with Crippen molar-refractivity contribution in [2.45, 2.75) is 25.9 Å². The molecule has 74 valence electrons. The highest BCUT2D eigenvalue weighted by Gasteiger charge is 2.28. The fraction of sp³-hybridized carbons (Fsp3) is 0.364. The minimum atomic E-state index is -0.234. The van der Waals surface area contributed by atoms with E-state index in [1.165, 1.54) is 6.07 Å². The summed E-state index contributed by atoms with van der Waals surface area (Å²) in [6, 6.07) is 4.62. The van der Waals surface area contributed by atoms with Crippen LogP contribution in [0.4, 0.5) is 4.39 Å².